The fraction of sp³-hybridized carbons (Fsp3) is 0.611. The molecule has 1 aromatic carbocycles. The van der Waals surface area contributed by atoms with E-state index in [1.165, 1.54) is 18.4 Å². The van der Waals surface area contributed by atoms with E-state index in [-0.39, 0.29) is 5.91 Å². The first-order chi connectivity index (χ1) is 11.1. The van der Waals surface area contributed by atoms with Crippen LogP contribution < -0.4 is 0 Å². The van der Waals surface area contributed by atoms with Gasteiger partial charge in [0.1, 0.15) is 0 Å². The molecule has 2 saturated heterocycles. The number of halogens is 1. The van der Waals surface area contributed by atoms with Crippen LogP contribution >= 0.6 is 11.6 Å². The summed E-state index contributed by atoms with van der Waals surface area (Å²) in [5, 5.41) is 0.806. The molecule has 126 valence electrons. The minimum absolute atomic E-state index is 0.235. The van der Waals surface area contributed by atoms with Gasteiger partial charge in [-0.15, -0.1) is 0 Å². The number of ether oxygens (including phenoxy) is 1. The number of benzene rings is 1. The number of nitrogens with zero attached hydrogens (tertiary/aromatic N) is 2. The van der Waals surface area contributed by atoms with Crippen LogP contribution in [0.4, 0.5) is 0 Å². The zero-order chi connectivity index (χ0) is 16.3. The predicted molar refractivity (Wildman–Crippen MR) is 91.5 cm³/mol. The van der Waals surface area contributed by atoms with Crippen molar-refractivity contribution in [3.63, 3.8) is 0 Å². The summed E-state index contributed by atoms with van der Waals surface area (Å²) in [4.78, 5) is 16.5. The van der Waals surface area contributed by atoms with Crippen molar-refractivity contribution in [1.82, 2.24) is 9.80 Å². The monoisotopic (exact) mass is 336 g/mol. The Morgan fingerprint density at radius 2 is 2.04 bits per heavy atom. The molecule has 3 rings (SSSR count). The van der Waals surface area contributed by atoms with Crippen molar-refractivity contribution in [2.45, 2.75) is 25.8 Å². The van der Waals surface area contributed by atoms with Crippen LogP contribution in [0, 0.1) is 5.41 Å². The Balaban J connectivity index is 1.44. The van der Waals surface area contributed by atoms with E-state index in [0.29, 0.717) is 18.4 Å². The molecule has 2 aliphatic rings. The molecule has 1 amide bonds. The third-order valence-electron chi connectivity index (χ3n) is 5.14. The first-order valence-corrected chi connectivity index (χ1v) is 8.72. The summed E-state index contributed by atoms with van der Waals surface area (Å²) in [6.07, 6.45) is 2.87. The number of methoxy groups -OCH3 is 1. The summed E-state index contributed by atoms with van der Waals surface area (Å²) in [6, 6.07) is 8.11. The molecule has 0 atom stereocenters. The average Bonchev–Trinajstić information content (AvgIpc) is 2.51. The molecular formula is C18H25ClN2O2. The number of hydrogen-bond donors (Lipinski definition) is 0. The molecule has 0 saturated carbocycles. The topological polar surface area (TPSA) is 32.8 Å². The van der Waals surface area contributed by atoms with Gasteiger partial charge in [-0.3, -0.25) is 9.69 Å². The fourth-order valence-corrected chi connectivity index (χ4v) is 3.90. The van der Waals surface area contributed by atoms with Crippen molar-refractivity contribution in [3.05, 3.63) is 34.9 Å². The second-order valence-electron chi connectivity index (χ2n) is 6.90. The number of rotatable bonds is 5. The van der Waals surface area contributed by atoms with E-state index in [0.717, 1.165) is 37.7 Å². The molecule has 4 nitrogen and oxygen atoms in total. The summed E-state index contributed by atoms with van der Waals surface area (Å²) in [5.41, 5.74) is 1.64. The van der Waals surface area contributed by atoms with E-state index in [1.807, 2.05) is 23.1 Å². The Kier molecular flexibility index (Phi) is 5.24. The fourth-order valence-electron chi connectivity index (χ4n) is 3.68. The summed E-state index contributed by atoms with van der Waals surface area (Å²) in [5.74, 6) is 0.235. The Labute approximate surface area is 143 Å². The molecule has 0 aliphatic carbocycles. The van der Waals surface area contributed by atoms with Crippen LogP contribution in [0.25, 0.3) is 0 Å². The Morgan fingerprint density at radius 3 is 2.70 bits per heavy atom. The zero-order valence-corrected chi connectivity index (χ0v) is 14.5. The third kappa shape index (κ3) is 4.06. The maximum absolute atomic E-state index is 12.0. The van der Waals surface area contributed by atoms with Gasteiger partial charge in [-0.1, -0.05) is 23.7 Å². The summed E-state index contributed by atoms with van der Waals surface area (Å²) >= 11 is 6.06. The molecule has 0 radical (unpaired) electrons. The third-order valence-corrected chi connectivity index (χ3v) is 5.37. The highest BCUT2D eigenvalue weighted by Gasteiger charge is 2.46. The molecule has 0 aromatic heterocycles. The van der Waals surface area contributed by atoms with Crippen LogP contribution in [-0.2, 0) is 16.1 Å². The van der Waals surface area contributed by atoms with Gasteiger partial charge < -0.3 is 9.64 Å². The van der Waals surface area contributed by atoms with Gasteiger partial charge in [0.05, 0.1) is 13.0 Å². The first-order valence-electron chi connectivity index (χ1n) is 8.34. The molecule has 1 aromatic rings. The van der Waals surface area contributed by atoms with E-state index in [1.54, 1.807) is 7.11 Å². The van der Waals surface area contributed by atoms with Gasteiger partial charge in [-0.05, 0) is 43.6 Å². The van der Waals surface area contributed by atoms with Crippen LogP contribution in [0.3, 0.4) is 0 Å². The SMILES string of the molecule is COCCC(=O)N1CC2(CCN(Cc3cccc(Cl)c3)CC2)C1. The van der Waals surface area contributed by atoms with Gasteiger partial charge in [0.25, 0.3) is 0 Å². The van der Waals surface area contributed by atoms with Crippen LogP contribution in [0.5, 0.6) is 0 Å². The Bertz CT molecular complexity index is 548. The van der Waals surface area contributed by atoms with Crippen molar-refractivity contribution in [2.75, 3.05) is 39.9 Å². The second kappa shape index (κ2) is 7.20. The lowest BCUT2D eigenvalue weighted by atomic mass is 9.72. The van der Waals surface area contributed by atoms with Crippen molar-refractivity contribution < 1.29 is 9.53 Å². The summed E-state index contributed by atoms with van der Waals surface area (Å²) in [7, 11) is 1.64. The lowest BCUT2D eigenvalue weighted by Gasteiger charge is -2.54. The second-order valence-corrected chi connectivity index (χ2v) is 7.34. The quantitative estimate of drug-likeness (QED) is 0.829. The highest BCUT2D eigenvalue weighted by molar-refractivity contribution is 6.30. The van der Waals surface area contributed by atoms with Crippen LogP contribution in [0.1, 0.15) is 24.8 Å². The minimum Gasteiger partial charge on any atom is -0.384 e. The minimum atomic E-state index is 0.235. The summed E-state index contributed by atoms with van der Waals surface area (Å²) < 4.78 is 4.98. The molecule has 0 unspecified atom stereocenters. The van der Waals surface area contributed by atoms with E-state index in [2.05, 4.69) is 11.0 Å². The van der Waals surface area contributed by atoms with Crippen molar-refractivity contribution in [2.24, 2.45) is 5.41 Å². The van der Waals surface area contributed by atoms with Crippen molar-refractivity contribution >= 4 is 17.5 Å². The maximum Gasteiger partial charge on any atom is 0.224 e. The number of carbonyl (C=O) groups excluding carboxylic acids is 1. The highest BCUT2D eigenvalue weighted by Crippen LogP contribution is 2.40. The van der Waals surface area contributed by atoms with Gasteiger partial charge in [0, 0.05) is 37.2 Å². The lowest BCUT2D eigenvalue weighted by molar-refractivity contribution is -0.147. The highest BCUT2D eigenvalue weighted by atomic mass is 35.5. The zero-order valence-electron chi connectivity index (χ0n) is 13.8. The largest absolute Gasteiger partial charge is 0.384 e. The molecule has 2 heterocycles. The van der Waals surface area contributed by atoms with E-state index in [4.69, 9.17) is 16.3 Å². The molecule has 2 fully saturated rings. The molecule has 0 bridgehead atoms. The molecule has 0 N–H and O–H groups in total. The number of carbonyl (C=O) groups is 1. The van der Waals surface area contributed by atoms with Gasteiger partial charge in [-0.25, -0.2) is 0 Å². The van der Waals surface area contributed by atoms with Crippen molar-refractivity contribution in [1.29, 1.82) is 0 Å². The molecule has 1 spiro atoms. The Morgan fingerprint density at radius 1 is 1.30 bits per heavy atom. The van der Waals surface area contributed by atoms with Crippen LogP contribution in [0.15, 0.2) is 24.3 Å². The molecule has 2 aliphatic heterocycles. The van der Waals surface area contributed by atoms with E-state index < -0.39 is 0 Å². The van der Waals surface area contributed by atoms with Crippen LogP contribution in [-0.4, -0.2) is 55.6 Å². The molecule has 23 heavy (non-hydrogen) atoms. The maximum atomic E-state index is 12.0. The smallest absolute Gasteiger partial charge is 0.224 e. The number of amides is 1. The lowest BCUT2D eigenvalue weighted by Crippen LogP contribution is -2.61. The number of likely N-dealkylation sites (tertiary alicyclic amines) is 2. The first kappa shape index (κ1) is 16.7. The van der Waals surface area contributed by atoms with Crippen molar-refractivity contribution in [3.8, 4) is 0 Å². The van der Waals surface area contributed by atoms with E-state index in [9.17, 15) is 4.79 Å². The van der Waals surface area contributed by atoms with E-state index >= 15 is 0 Å². The van der Waals surface area contributed by atoms with Gasteiger partial charge in [0.15, 0.2) is 0 Å². The molecular weight excluding hydrogens is 312 g/mol. The van der Waals surface area contributed by atoms with Gasteiger partial charge >= 0.3 is 0 Å². The van der Waals surface area contributed by atoms with Gasteiger partial charge in [-0.2, -0.15) is 0 Å². The van der Waals surface area contributed by atoms with Gasteiger partial charge in [0.2, 0.25) is 5.91 Å². The average molecular weight is 337 g/mol. The number of piperidine rings is 1. The standard InChI is InChI=1S/C18H25ClN2O2/c1-23-10-5-17(22)21-13-18(14-21)6-8-20(9-7-18)12-15-3-2-4-16(19)11-15/h2-4,11H,5-10,12-14H2,1H3. The predicted octanol–water partition coefficient (Wildman–Crippen LogP) is 2.80. The summed E-state index contributed by atoms with van der Waals surface area (Å²) in [6.45, 7) is 5.56. The number of hydrogen-bond acceptors (Lipinski definition) is 3. The van der Waals surface area contributed by atoms with Crippen LogP contribution in [0.2, 0.25) is 5.02 Å². The Hall–Kier alpha value is -1.10. The molecule has 5 heteroatoms. The normalized spacial score (nSPS) is 20.5.